The van der Waals surface area contributed by atoms with Gasteiger partial charge in [0.05, 0.1) is 0 Å². The van der Waals surface area contributed by atoms with Crippen LogP contribution in [0, 0.1) is 0 Å². The molecule has 0 aromatic rings. The number of carbonyl (C=O) groups excluding carboxylic acids is 1. The highest BCUT2D eigenvalue weighted by Gasteiger charge is 2.16. The summed E-state index contributed by atoms with van der Waals surface area (Å²) in [5, 5.41) is 11.1. The lowest BCUT2D eigenvalue weighted by molar-refractivity contribution is 0.0523. The first-order chi connectivity index (χ1) is 7.26. The van der Waals surface area contributed by atoms with Crippen LogP contribution in [0.25, 0.3) is 0 Å². The van der Waals surface area contributed by atoms with E-state index in [0.29, 0.717) is 0 Å². The topological polar surface area (TPSA) is 78.9 Å². The van der Waals surface area contributed by atoms with E-state index >= 15 is 0 Å². The molecule has 0 radical (unpaired) electrons. The van der Waals surface area contributed by atoms with Gasteiger partial charge in [-0.15, -0.1) is 0 Å². The molecule has 0 heterocycles. The van der Waals surface area contributed by atoms with Crippen LogP contribution in [0.5, 0.6) is 0 Å². The molecule has 0 aliphatic rings. The SMILES string of the molecule is C=CN(CCNC(=O)OC(C)(C)C)C(=O)O. The van der Waals surface area contributed by atoms with Gasteiger partial charge < -0.3 is 15.2 Å². The van der Waals surface area contributed by atoms with Gasteiger partial charge in [0.2, 0.25) is 0 Å². The van der Waals surface area contributed by atoms with Gasteiger partial charge in [0.1, 0.15) is 5.60 Å². The van der Waals surface area contributed by atoms with Gasteiger partial charge in [0.25, 0.3) is 0 Å². The van der Waals surface area contributed by atoms with Gasteiger partial charge >= 0.3 is 12.2 Å². The van der Waals surface area contributed by atoms with E-state index in [2.05, 4.69) is 11.9 Å². The lowest BCUT2D eigenvalue weighted by Crippen LogP contribution is -2.37. The highest BCUT2D eigenvalue weighted by atomic mass is 16.6. The van der Waals surface area contributed by atoms with E-state index in [1.54, 1.807) is 20.8 Å². The van der Waals surface area contributed by atoms with E-state index in [0.717, 1.165) is 4.90 Å². The quantitative estimate of drug-likeness (QED) is 0.769. The molecule has 0 fully saturated rings. The summed E-state index contributed by atoms with van der Waals surface area (Å²) in [4.78, 5) is 22.7. The first-order valence-electron chi connectivity index (χ1n) is 4.85. The van der Waals surface area contributed by atoms with Crippen molar-refractivity contribution >= 4 is 12.2 Å². The summed E-state index contributed by atoms with van der Waals surface area (Å²) in [6.07, 6.45) is -0.498. The number of hydrogen-bond donors (Lipinski definition) is 2. The summed E-state index contributed by atoms with van der Waals surface area (Å²) in [6, 6.07) is 0. The number of ether oxygens (including phenoxy) is 1. The Balaban J connectivity index is 3.86. The molecule has 0 atom stereocenters. The maximum atomic E-state index is 11.2. The molecular formula is C10H18N2O4. The molecule has 2 N–H and O–H groups in total. The Labute approximate surface area is 94.9 Å². The zero-order chi connectivity index (χ0) is 12.8. The van der Waals surface area contributed by atoms with Crippen LogP contribution in [-0.2, 0) is 4.74 Å². The molecule has 6 heteroatoms. The molecule has 0 aliphatic carbocycles. The molecule has 2 amide bonds. The number of alkyl carbamates (subject to hydrolysis) is 1. The second-order valence-corrected chi connectivity index (χ2v) is 4.09. The second-order valence-electron chi connectivity index (χ2n) is 4.09. The number of amides is 2. The van der Waals surface area contributed by atoms with Crippen LogP contribution >= 0.6 is 0 Å². The maximum absolute atomic E-state index is 11.2. The number of carbonyl (C=O) groups is 2. The molecular weight excluding hydrogens is 212 g/mol. The van der Waals surface area contributed by atoms with E-state index in [1.807, 2.05) is 0 Å². The van der Waals surface area contributed by atoms with Crippen LogP contribution in [0.4, 0.5) is 9.59 Å². The molecule has 92 valence electrons. The van der Waals surface area contributed by atoms with Crippen molar-refractivity contribution in [1.82, 2.24) is 10.2 Å². The summed E-state index contributed by atoms with van der Waals surface area (Å²) in [7, 11) is 0. The number of hydrogen-bond acceptors (Lipinski definition) is 3. The lowest BCUT2D eigenvalue weighted by atomic mass is 10.2. The molecule has 0 aromatic heterocycles. The lowest BCUT2D eigenvalue weighted by Gasteiger charge is -2.20. The van der Waals surface area contributed by atoms with Crippen molar-refractivity contribution in [2.75, 3.05) is 13.1 Å². The summed E-state index contributed by atoms with van der Waals surface area (Å²) >= 11 is 0. The van der Waals surface area contributed by atoms with Gasteiger partial charge in [0, 0.05) is 19.3 Å². The zero-order valence-electron chi connectivity index (χ0n) is 9.82. The summed E-state index contributed by atoms with van der Waals surface area (Å²) in [5.41, 5.74) is -0.561. The molecule has 0 aliphatic heterocycles. The van der Waals surface area contributed by atoms with Crippen molar-refractivity contribution in [3.8, 4) is 0 Å². The molecule has 0 unspecified atom stereocenters. The third-order valence-corrected chi connectivity index (χ3v) is 1.49. The van der Waals surface area contributed by atoms with Crippen molar-refractivity contribution in [2.45, 2.75) is 26.4 Å². The highest BCUT2D eigenvalue weighted by Crippen LogP contribution is 2.06. The van der Waals surface area contributed by atoms with Crippen LogP contribution in [-0.4, -0.2) is 40.9 Å². The monoisotopic (exact) mass is 230 g/mol. The smallest absolute Gasteiger partial charge is 0.411 e. The van der Waals surface area contributed by atoms with Gasteiger partial charge in [-0.25, -0.2) is 9.59 Å². The number of rotatable bonds is 4. The molecule has 0 rings (SSSR count). The van der Waals surface area contributed by atoms with E-state index in [1.165, 1.54) is 6.20 Å². The third kappa shape index (κ3) is 6.69. The Kier molecular flexibility index (Phi) is 5.35. The molecule has 0 saturated carbocycles. The van der Waals surface area contributed by atoms with E-state index in [-0.39, 0.29) is 13.1 Å². The molecule has 16 heavy (non-hydrogen) atoms. The first kappa shape index (κ1) is 14.3. The average Bonchev–Trinajstić information content (AvgIpc) is 2.08. The normalized spacial score (nSPS) is 10.4. The molecule has 0 spiro atoms. The molecule has 6 nitrogen and oxygen atoms in total. The minimum Gasteiger partial charge on any atom is -0.465 e. The number of nitrogens with one attached hydrogen (secondary N) is 1. The minimum atomic E-state index is -1.11. The highest BCUT2D eigenvalue weighted by molar-refractivity contribution is 5.68. The number of nitrogens with zero attached hydrogens (tertiary/aromatic N) is 1. The predicted molar refractivity (Wildman–Crippen MR) is 59.2 cm³/mol. The fourth-order valence-corrected chi connectivity index (χ4v) is 0.858. The number of carboxylic acid groups (broad SMARTS) is 1. The van der Waals surface area contributed by atoms with Crippen LogP contribution in [0.15, 0.2) is 12.8 Å². The van der Waals surface area contributed by atoms with Gasteiger partial charge in [-0.1, -0.05) is 6.58 Å². The molecule has 0 saturated heterocycles. The Morgan fingerprint density at radius 1 is 1.50 bits per heavy atom. The van der Waals surface area contributed by atoms with E-state index in [4.69, 9.17) is 9.84 Å². The Bertz CT molecular complexity index is 270. The van der Waals surface area contributed by atoms with Crippen LogP contribution in [0.3, 0.4) is 0 Å². The van der Waals surface area contributed by atoms with Gasteiger partial charge in [-0.3, -0.25) is 4.90 Å². The van der Waals surface area contributed by atoms with Crippen LogP contribution in [0.2, 0.25) is 0 Å². The van der Waals surface area contributed by atoms with Crippen molar-refractivity contribution in [1.29, 1.82) is 0 Å². The summed E-state index contributed by atoms with van der Waals surface area (Å²) in [5.74, 6) is 0. The van der Waals surface area contributed by atoms with Gasteiger partial charge in [-0.05, 0) is 20.8 Å². The first-order valence-corrected chi connectivity index (χ1v) is 4.85. The largest absolute Gasteiger partial charge is 0.465 e. The van der Waals surface area contributed by atoms with Crippen molar-refractivity contribution in [3.05, 3.63) is 12.8 Å². The molecule has 0 aromatic carbocycles. The fourth-order valence-electron chi connectivity index (χ4n) is 0.858. The Morgan fingerprint density at radius 3 is 2.44 bits per heavy atom. The van der Waals surface area contributed by atoms with Crippen LogP contribution < -0.4 is 5.32 Å². The summed E-state index contributed by atoms with van der Waals surface area (Å²) < 4.78 is 4.97. The van der Waals surface area contributed by atoms with Crippen molar-refractivity contribution < 1.29 is 19.4 Å². The fraction of sp³-hybridized carbons (Fsp3) is 0.600. The van der Waals surface area contributed by atoms with Crippen LogP contribution in [0.1, 0.15) is 20.8 Å². The third-order valence-electron chi connectivity index (χ3n) is 1.49. The average molecular weight is 230 g/mol. The van der Waals surface area contributed by atoms with Gasteiger partial charge in [0.15, 0.2) is 0 Å². The summed E-state index contributed by atoms with van der Waals surface area (Å²) in [6.45, 7) is 8.90. The molecule has 0 bridgehead atoms. The standard InChI is InChI=1S/C10H18N2O4/c1-5-12(9(14)15)7-6-11-8(13)16-10(2,3)4/h5H,1,6-7H2,2-4H3,(H,11,13)(H,14,15). The van der Waals surface area contributed by atoms with E-state index in [9.17, 15) is 9.59 Å². The van der Waals surface area contributed by atoms with Crippen molar-refractivity contribution in [2.24, 2.45) is 0 Å². The second kappa shape index (κ2) is 5.99. The minimum absolute atomic E-state index is 0.137. The Hall–Kier alpha value is -1.72. The predicted octanol–water partition coefficient (Wildman–Crippen LogP) is 1.63. The van der Waals surface area contributed by atoms with E-state index < -0.39 is 17.8 Å². The maximum Gasteiger partial charge on any atom is 0.411 e. The Morgan fingerprint density at radius 2 is 2.06 bits per heavy atom. The van der Waals surface area contributed by atoms with Gasteiger partial charge in [-0.2, -0.15) is 0 Å². The zero-order valence-corrected chi connectivity index (χ0v) is 9.82. The van der Waals surface area contributed by atoms with Crippen molar-refractivity contribution in [3.63, 3.8) is 0 Å².